The van der Waals surface area contributed by atoms with E-state index in [0.29, 0.717) is 6.04 Å². The van der Waals surface area contributed by atoms with E-state index < -0.39 is 0 Å². The fraction of sp³-hybridized carbons (Fsp3) is 0.500. The zero-order chi connectivity index (χ0) is 18.8. The molecule has 0 aliphatic carbocycles. The van der Waals surface area contributed by atoms with Crippen LogP contribution in [0.4, 0.5) is 0 Å². The number of hydrogen-bond donors (Lipinski definition) is 2. The van der Waals surface area contributed by atoms with E-state index >= 15 is 0 Å². The van der Waals surface area contributed by atoms with Gasteiger partial charge in [-0.05, 0) is 39.9 Å². The number of thiazole rings is 1. The Balaban J connectivity index is 0.00000364. The molecule has 2 N–H and O–H groups in total. The van der Waals surface area contributed by atoms with Crippen LogP contribution in [0.5, 0.6) is 0 Å². The van der Waals surface area contributed by atoms with Crippen molar-refractivity contribution in [2.24, 2.45) is 4.99 Å². The second-order valence-electron chi connectivity index (χ2n) is 6.56. The maximum atomic E-state index is 4.80. The third kappa shape index (κ3) is 9.03. The van der Waals surface area contributed by atoms with Gasteiger partial charge in [0.25, 0.3) is 0 Å². The summed E-state index contributed by atoms with van der Waals surface area (Å²) in [7, 11) is 4.24. The summed E-state index contributed by atoms with van der Waals surface area (Å²) in [6, 6.07) is 11.0. The first-order chi connectivity index (χ1) is 12.6. The Labute approximate surface area is 184 Å². The Morgan fingerprint density at radius 3 is 2.56 bits per heavy atom. The number of nitrogens with one attached hydrogen (secondary N) is 2. The lowest BCUT2D eigenvalue weighted by atomic mass is 10.1. The van der Waals surface area contributed by atoms with Gasteiger partial charge in [-0.2, -0.15) is 0 Å². The molecule has 1 heterocycles. The molecule has 0 aliphatic heterocycles. The highest BCUT2D eigenvalue weighted by Crippen LogP contribution is 2.08. The summed E-state index contributed by atoms with van der Waals surface area (Å²) in [5, 5.41) is 10.0. The van der Waals surface area contributed by atoms with Gasteiger partial charge in [-0.25, -0.2) is 4.98 Å². The molecule has 0 saturated heterocycles. The number of rotatable bonds is 9. The lowest BCUT2D eigenvalue weighted by molar-refractivity contribution is 0.298. The van der Waals surface area contributed by atoms with Gasteiger partial charge in [0.1, 0.15) is 0 Å². The van der Waals surface area contributed by atoms with Crippen LogP contribution in [0.15, 0.2) is 40.7 Å². The predicted octanol–water partition coefficient (Wildman–Crippen LogP) is 3.34. The normalized spacial score (nSPS) is 12.6. The van der Waals surface area contributed by atoms with Gasteiger partial charge in [-0.3, -0.25) is 4.99 Å². The van der Waals surface area contributed by atoms with Crippen molar-refractivity contribution >= 4 is 41.3 Å². The van der Waals surface area contributed by atoms with Crippen LogP contribution in [0.1, 0.15) is 23.2 Å². The molecule has 5 nitrogen and oxygen atoms in total. The topological polar surface area (TPSA) is 52.6 Å². The van der Waals surface area contributed by atoms with E-state index in [2.05, 4.69) is 77.2 Å². The van der Waals surface area contributed by atoms with Crippen LogP contribution < -0.4 is 10.6 Å². The van der Waals surface area contributed by atoms with Crippen LogP contribution in [0.3, 0.4) is 0 Å². The van der Waals surface area contributed by atoms with Crippen molar-refractivity contribution in [3.05, 3.63) is 52.0 Å². The third-order valence-electron chi connectivity index (χ3n) is 4.19. The van der Waals surface area contributed by atoms with Gasteiger partial charge in [-0.15, -0.1) is 35.3 Å². The standard InChI is InChI=1S/C20H31N5S.HI/c1-5-21-20(22-12-11-18-15-26-16(2)24-18)23-14-19(25(3)4)13-17-9-7-6-8-10-17;/h6-10,15,19H,5,11-14H2,1-4H3,(H2,21,22,23);1H. The summed E-state index contributed by atoms with van der Waals surface area (Å²) in [6.45, 7) is 6.58. The summed E-state index contributed by atoms with van der Waals surface area (Å²) in [5.41, 5.74) is 2.49. The Kier molecular flexibility index (Phi) is 11.5. The minimum Gasteiger partial charge on any atom is -0.357 e. The zero-order valence-electron chi connectivity index (χ0n) is 16.7. The maximum Gasteiger partial charge on any atom is 0.191 e. The minimum absolute atomic E-state index is 0. The minimum atomic E-state index is 0. The fourth-order valence-corrected chi connectivity index (χ4v) is 3.31. The lowest BCUT2D eigenvalue weighted by Crippen LogP contribution is -2.40. The van der Waals surface area contributed by atoms with Crippen LogP contribution in [0.2, 0.25) is 0 Å². The highest BCUT2D eigenvalue weighted by molar-refractivity contribution is 14.0. The van der Waals surface area contributed by atoms with Crippen LogP contribution in [0, 0.1) is 6.92 Å². The lowest BCUT2D eigenvalue weighted by Gasteiger charge is -2.23. The largest absolute Gasteiger partial charge is 0.357 e. The first-order valence-corrected chi connectivity index (χ1v) is 10.1. The highest BCUT2D eigenvalue weighted by atomic mass is 127. The molecule has 0 aliphatic rings. The van der Waals surface area contributed by atoms with Crippen molar-refractivity contribution < 1.29 is 0 Å². The Morgan fingerprint density at radius 1 is 1.22 bits per heavy atom. The third-order valence-corrected chi connectivity index (χ3v) is 5.01. The highest BCUT2D eigenvalue weighted by Gasteiger charge is 2.12. The molecule has 0 fully saturated rings. The molecule has 1 atom stereocenters. The molecular formula is C20H32IN5S. The van der Waals surface area contributed by atoms with Gasteiger partial charge in [0.2, 0.25) is 0 Å². The maximum absolute atomic E-state index is 4.80. The first kappa shape index (κ1) is 23.8. The fourth-order valence-electron chi connectivity index (χ4n) is 2.67. The Bertz CT molecular complexity index is 672. The Hall–Kier alpha value is -1.19. The number of likely N-dealkylation sites (N-methyl/N-ethyl adjacent to an activating group) is 1. The molecule has 0 spiro atoms. The summed E-state index contributed by atoms with van der Waals surface area (Å²) in [5.74, 6) is 0.874. The van der Waals surface area contributed by atoms with E-state index in [4.69, 9.17) is 4.99 Å². The van der Waals surface area contributed by atoms with E-state index in [0.717, 1.165) is 49.1 Å². The zero-order valence-corrected chi connectivity index (χ0v) is 19.9. The smallest absolute Gasteiger partial charge is 0.191 e. The van der Waals surface area contributed by atoms with Crippen LogP contribution in [-0.4, -0.2) is 55.6 Å². The predicted molar refractivity (Wildman–Crippen MR) is 128 cm³/mol. The molecule has 2 rings (SSSR count). The van der Waals surface area contributed by atoms with Crippen molar-refractivity contribution in [3.8, 4) is 0 Å². The molecule has 7 heteroatoms. The first-order valence-electron chi connectivity index (χ1n) is 9.22. The summed E-state index contributed by atoms with van der Waals surface area (Å²) in [4.78, 5) is 11.6. The van der Waals surface area contributed by atoms with E-state index in [1.165, 1.54) is 5.56 Å². The van der Waals surface area contributed by atoms with Crippen LogP contribution in [-0.2, 0) is 12.8 Å². The van der Waals surface area contributed by atoms with Crippen molar-refractivity contribution in [2.75, 3.05) is 33.7 Å². The van der Waals surface area contributed by atoms with Crippen molar-refractivity contribution in [1.29, 1.82) is 0 Å². The number of benzene rings is 1. The molecule has 0 radical (unpaired) electrons. The summed E-state index contributed by atoms with van der Waals surface area (Å²) >= 11 is 1.70. The van der Waals surface area contributed by atoms with E-state index in [1.54, 1.807) is 11.3 Å². The average molecular weight is 501 g/mol. The second-order valence-corrected chi connectivity index (χ2v) is 7.62. The molecular weight excluding hydrogens is 469 g/mol. The monoisotopic (exact) mass is 501 g/mol. The molecule has 2 aromatic rings. The van der Waals surface area contributed by atoms with Gasteiger partial charge >= 0.3 is 0 Å². The molecule has 0 saturated carbocycles. The molecule has 1 unspecified atom stereocenters. The number of halogens is 1. The molecule has 0 amide bonds. The molecule has 27 heavy (non-hydrogen) atoms. The number of guanidine groups is 1. The number of aryl methyl sites for hydroxylation is 1. The Morgan fingerprint density at radius 2 is 1.96 bits per heavy atom. The second kappa shape index (κ2) is 13.1. The number of nitrogens with zero attached hydrogens (tertiary/aromatic N) is 3. The molecule has 1 aromatic heterocycles. The quantitative estimate of drug-likeness (QED) is 0.315. The van der Waals surface area contributed by atoms with Gasteiger partial charge in [0.15, 0.2) is 5.96 Å². The van der Waals surface area contributed by atoms with E-state index in [9.17, 15) is 0 Å². The number of aliphatic imine (C=N–C) groups is 1. The molecule has 150 valence electrons. The van der Waals surface area contributed by atoms with Gasteiger partial charge in [0.05, 0.1) is 17.2 Å². The SMILES string of the molecule is CCNC(=NCC(Cc1ccccc1)N(C)C)NCCc1csc(C)n1.I. The number of aromatic nitrogens is 1. The van der Waals surface area contributed by atoms with Gasteiger partial charge < -0.3 is 15.5 Å². The molecule has 0 bridgehead atoms. The van der Waals surface area contributed by atoms with E-state index in [-0.39, 0.29) is 24.0 Å². The van der Waals surface area contributed by atoms with Crippen LogP contribution >= 0.6 is 35.3 Å². The van der Waals surface area contributed by atoms with Crippen molar-refractivity contribution in [2.45, 2.75) is 32.7 Å². The number of hydrogen-bond acceptors (Lipinski definition) is 4. The summed E-state index contributed by atoms with van der Waals surface area (Å²) in [6.07, 6.45) is 1.91. The van der Waals surface area contributed by atoms with Crippen molar-refractivity contribution in [3.63, 3.8) is 0 Å². The van der Waals surface area contributed by atoms with Gasteiger partial charge in [0, 0.05) is 30.9 Å². The van der Waals surface area contributed by atoms with Crippen LogP contribution in [0.25, 0.3) is 0 Å². The van der Waals surface area contributed by atoms with Crippen molar-refractivity contribution in [1.82, 2.24) is 20.5 Å². The van der Waals surface area contributed by atoms with Gasteiger partial charge in [-0.1, -0.05) is 30.3 Å². The van der Waals surface area contributed by atoms with E-state index in [1.807, 2.05) is 6.92 Å². The summed E-state index contributed by atoms with van der Waals surface area (Å²) < 4.78 is 0. The molecule has 1 aromatic carbocycles. The average Bonchev–Trinajstić information content (AvgIpc) is 3.04.